The van der Waals surface area contributed by atoms with Crippen molar-refractivity contribution < 1.29 is 19.1 Å². The van der Waals surface area contributed by atoms with Crippen molar-refractivity contribution in [2.24, 2.45) is 0 Å². The maximum Gasteiger partial charge on any atom is 0.329 e. The number of hydrogen-bond acceptors (Lipinski definition) is 4. The fourth-order valence-corrected chi connectivity index (χ4v) is 2.91. The van der Waals surface area contributed by atoms with Gasteiger partial charge in [0.15, 0.2) is 0 Å². The Morgan fingerprint density at radius 2 is 1.96 bits per heavy atom. The van der Waals surface area contributed by atoms with Crippen LogP contribution >= 0.6 is 0 Å². The Kier molecular flexibility index (Phi) is 5.40. The minimum Gasteiger partial charge on any atom is -0.497 e. The Morgan fingerprint density at radius 3 is 2.67 bits per heavy atom. The van der Waals surface area contributed by atoms with Crippen LogP contribution in [0.25, 0.3) is 0 Å². The van der Waals surface area contributed by atoms with E-state index >= 15 is 0 Å². The molecule has 0 radical (unpaired) electrons. The summed E-state index contributed by atoms with van der Waals surface area (Å²) in [6.07, 6.45) is 0.809. The second-order valence-electron chi connectivity index (χ2n) is 6.26. The molecule has 7 nitrogen and oxygen atoms in total. The van der Waals surface area contributed by atoms with E-state index in [1.54, 1.807) is 38.3 Å². The molecule has 0 bridgehead atoms. The van der Waals surface area contributed by atoms with Crippen LogP contribution in [-0.2, 0) is 16.0 Å². The average Bonchev–Trinajstić information content (AvgIpc) is 2.92. The van der Waals surface area contributed by atoms with Gasteiger partial charge in [-0.2, -0.15) is 0 Å². The number of rotatable bonds is 6. The fourth-order valence-electron chi connectivity index (χ4n) is 2.91. The van der Waals surface area contributed by atoms with Crippen molar-refractivity contribution in [3.63, 3.8) is 0 Å². The van der Waals surface area contributed by atoms with E-state index in [2.05, 4.69) is 10.6 Å². The summed E-state index contributed by atoms with van der Waals surface area (Å²) in [5.41, 5.74) is 1.77. The maximum atomic E-state index is 12.4. The second-order valence-corrected chi connectivity index (χ2v) is 6.26. The molecule has 0 aliphatic carbocycles. The molecule has 2 aromatic rings. The average molecular weight is 367 g/mol. The van der Waals surface area contributed by atoms with E-state index in [0.717, 1.165) is 16.2 Å². The van der Waals surface area contributed by atoms with Gasteiger partial charge >= 0.3 is 6.03 Å². The molecule has 1 aliphatic rings. The molecule has 1 saturated heterocycles. The minimum absolute atomic E-state index is 0.203. The van der Waals surface area contributed by atoms with Crippen LogP contribution in [0.2, 0.25) is 0 Å². The largest absolute Gasteiger partial charge is 0.497 e. The lowest BCUT2D eigenvalue weighted by Crippen LogP contribution is -2.32. The van der Waals surface area contributed by atoms with Crippen LogP contribution in [-0.4, -0.2) is 31.0 Å². The highest BCUT2D eigenvalue weighted by Crippen LogP contribution is 2.28. The van der Waals surface area contributed by atoms with Gasteiger partial charge < -0.3 is 15.4 Å². The molecule has 1 aliphatic heterocycles. The number of aryl methyl sites for hydroxylation is 1. The molecule has 140 valence electrons. The first-order valence-electron chi connectivity index (χ1n) is 8.66. The summed E-state index contributed by atoms with van der Waals surface area (Å²) in [5, 5.41) is 5.36. The quantitative estimate of drug-likeness (QED) is 0.769. The van der Waals surface area contributed by atoms with E-state index in [0.29, 0.717) is 17.8 Å². The van der Waals surface area contributed by atoms with Crippen molar-refractivity contribution in [1.29, 1.82) is 0 Å². The first kappa shape index (κ1) is 18.4. The lowest BCUT2D eigenvalue weighted by atomic mass is 10.1. The Balaban J connectivity index is 1.70. The zero-order valence-corrected chi connectivity index (χ0v) is 15.2. The van der Waals surface area contributed by atoms with Crippen LogP contribution in [0.15, 0.2) is 48.5 Å². The smallest absolute Gasteiger partial charge is 0.329 e. The predicted molar refractivity (Wildman–Crippen MR) is 102 cm³/mol. The third kappa shape index (κ3) is 4.08. The molecule has 1 heterocycles. The standard InChI is InChI=1S/C20H21N3O4/c1-13-19(25)23(20(26)21-13)17-9-4-3-8-16(17)22-18(24)11-10-14-6-5-7-15(12-14)27-2/h3-9,12-13H,10-11H2,1-2H3,(H,21,26)(H,22,24). The number of urea groups is 1. The summed E-state index contributed by atoms with van der Waals surface area (Å²) >= 11 is 0. The predicted octanol–water partition coefficient (Wildman–Crippen LogP) is 2.71. The minimum atomic E-state index is -0.589. The first-order chi connectivity index (χ1) is 13.0. The van der Waals surface area contributed by atoms with Gasteiger partial charge in [0.1, 0.15) is 11.8 Å². The van der Waals surface area contributed by atoms with Gasteiger partial charge in [-0.15, -0.1) is 0 Å². The summed E-state index contributed by atoms with van der Waals surface area (Å²) < 4.78 is 5.18. The molecule has 7 heteroatoms. The molecular weight excluding hydrogens is 346 g/mol. The van der Waals surface area contributed by atoms with Crippen molar-refractivity contribution in [3.05, 3.63) is 54.1 Å². The van der Waals surface area contributed by atoms with Gasteiger partial charge in [0.25, 0.3) is 5.91 Å². The zero-order chi connectivity index (χ0) is 19.4. The Labute approximate surface area is 157 Å². The van der Waals surface area contributed by atoms with Crippen LogP contribution in [0.4, 0.5) is 16.2 Å². The molecule has 3 rings (SSSR count). The van der Waals surface area contributed by atoms with Crippen LogP contribution in [0.3, 0.4) is 0 Å². The lowest BCUT2D eigenvalue weighted by molar-refractivity contribution is -0.118. The fraction of sp³-hybridized carbons (Fsp3) is 0.250. The monoisotopic (exact) mass is 367 g/mol. The van der Waals surface area contributed by atoms with Crippen molar-refractivity contribution in [3.8, 4) is 5.75 Å². The third-order valence-electron chi connectivity index (χ3n) is 4.33. The van der Waals surface area contributed by atoms with Gasteiger partial charge in [-0.3, -0.25) is 9.59 Å². The number of carbonyl (C=O) groups is 3. The van der Waals surface area contributed by atoms with E-state index in [-0.39, 0.29) is 18.2 Å². The number of benzene rings is 2. The SMILES string of the molecule is COc1cccc(CCC(=O)Nc2ccccc2N2C(=O)NC(C)C2=O)c1. The maximum absolute atomic E-state index is 12.4. The summed E-state index contributed by atoms with van der Waals surface area (Å²) in [6.45, 7) is 1.62. The number of para-hydroxylation sites is 2. The van der Waals surface area contributed by atoms with Crippen molar-refractivity contribution in [1.82, 2.24) is 5.32 Å². The van der Waals surface area contributed by atoms with Crippen molar-refractivity contribution in [2.75, 3.05) is 17.3 Å². The number of anilines is 2. The Morgan fingerprint density at radius 1 is 1.19 bits per heavy atom. The van der Waals surface area contributed by atoms with Gasteiger partial charge in [-0.05, 0) is 43.2 Å². The van der Waals surface area contributed by atoms with Crippen LogP contribution in [0.1, 0.15) is 18.9 Å². The molecule has 27 heavy (non-hydrogen) atoms. The molecule has 0 aromatic heterocycles. The number of carbonyl (C=O) groups excluding carboxylic acids is 3. The number of imide groups is 1. The zero-order valence-electron chi connectivity index (χ0n) is 15.2. The number of nitrogens with one attached hydrogen (secondary N) is 2. The topological polar surface area (TPSA) is 87.7 Å². The Bertz CT molecular complexity index is 881. The number of hydrogen-bond donors (Lipinski definition) is 2. The summed E-state index contributed by atoms with van der Waals surface area (Å²) in [6, 6.07) is 13.2. The van der Waals surface area contributed by atoms with Crippen LogP contribution < -0.4 is 20.3 Å². The number of ether oxygens (including phenoxy) is 1. The normalized spacial score (nSPS) is 16.2. The van der Waals surface area contributed by atoms with E-state index in [1.807, 2.05) is 24.3 Å². The summed E-state index contributed by atoms with van der Waals surface area (Å²) in [5.74, 6) is 0.189. The highest BCUT2D eigenvalue weighted by atomic mass is 16.5. The van der Waals surface area contributed by atoms with Gasteiger partial charge in [0, 0.05) is 6.42 Å². The highest BCUT2D eigenvalue weighted by Gasteiger charge is 2.37. The van der Waals surface area contributed by atoms with Crippen molar-refractivity contribution in [2.45, 2.75) is 25.8 Å². The molecule has 1 atom stereocenters. The molecule has 2 aromatic carbocycles. The summed E-state index contributed by atoms with van der Waals surface area (Å²) in [4.78, 5) is 37.8. The first-order valence-corrected chi connectivity index (χ1v) is 8.66. The molecule has 0 spiro atoms. The lowest BCUT2D eigenvalue weighted by Gasteiger charge is -2.17. The third-order valence-corrected chi connectivity index (χ3v) is 4.33. The van der Waals surface area contributed by atoms with Gasteiger partial charge in [0.05, 0.1) is 18.5 Å². The summed E-state index contributed by atoms with van der Waals surface area (Å²) in [7, 11) is 1.60. The molecule has 1 fully saturated rings. The molecule has 0 saturated carbocycles. The molecule has 2 N–H and O–H groups in total. The van der Waals surface area contributed by atoms with Gasteiger partial charge in [0.2, 0.25) is 5.91 Å². The van der Waals surface area contributed by atoms with Crippen molar-refractivity contribution >= 4 is 29.2 Å². The van der Waals surface area contributed by atoms with E-state index in [4.69, 9.17) is 4.74 Å². The highest BCUT2D eigenvalue weighted by molar-refractivity contribution is 6.23. The molecule has 4 amide bonds. The van der Waals surface area contributed by atoms with E-state index in [1.165, 1.54) is 0 Å². The second kappa shape index (κ2) is 7.90. The van der Waals surface area contributed by atoms with Gasteiger partial charge in [-0.25, -0.2) is 9.69 Å². The molecule has 1 unspecified atom stereocenters. The molecular formula is C20H21N3O4. The van der Waals surface area contributed by atoms with Gasteiger partial charge in [-0.1, -0.05) is 24.3 Å². The van der Waals surface area contributed by atoms with E-state index < -0.39 is 12.1 Å². The number of amides is 4. The van der Waals surface area contributed by atoms with E-state index in [9.17, 15) is 14.4 Å². The van der Waals surface area contributed by atoms with Crippen LogP contribution in [0.5, 0.6) is 5.75 Å². The Hall–Kier alpha value is -3.35. The number of nitrogens with zero attached hydrogens (tertiary/aromatic N) is 1. The number of methoxy groups -OCH3 is 1. The van der Waals surface area contributed by atoms with Crippen LogP contribution in [0, 0.1) is 0 Å².